The minimum atomic E-state index is -0.468. The highest BCUT2D eigenvalue weighted by Gasteiger charge is 2.34. The second kappa shape index (κ2) is 5.21. The number of piperazine rings is 1. The Hall–Kier alpha value is -1.95. The first-order valence-corrected chi connectivity index (χ1v) is 6.74. The van der Waals surface area contributed by atoms with E-state index in [4.69, 9.17) is 9.31 Å². The smallest absolute Gasteiger partial charge is 0.520 e. The predicted molar refractivity (Wildman–Crippen MR) is 79.8 cm³/mol. The van der Waals surface area contributed by atoms with Crippen LogP contribution in [0.2, 0.25) is 0 Å². The number of hydrogen-bond acceptors (Lipinski definition) is 5. The van der Waals surface area contributed by atoms with Crippen LogP contribution in [0.5, 0.6) is 0 Å². The van der Waals surface area contributed by atoms with E-state index in [0.29, 0.717) is 11.5 Å². The zero-order valence-electron chi connectivity index (χ0n) is 11.7. The van der Waals surface area contributed by atoms with E-state index in [-0.39, 0.29) is 0 Å². The fourth-order valence-corrected chi connectivity index (χ4v) is 2.31. The van der Waals surface area contributed by atoms with Gasteiger partial charge in [-0.15, -0.1) is 0 Å². The van der Waals surface area contributed by atoms with E-state index in [2.05, 4.69) is 35.0 Å². The van der Waals surface area contributed by atoms with Gasteiger partial charge in [0.1, 0.15) is 17.3 Å². The van der Waals surface area contributed by atoms with Gasteiger partial charge in [0.15, 0.2) is 0 Å². The molecule has 104 valence electrons. The Labute approximate surface area is 119 Å². The van der Waals surface area contributed by atoms with Crippen molar-refractivity contribution in [2.24, 2.45) is 0 Å². The van der Waals surface area contributed by atoms with Crippen molar-refractivity contribution in [2.45, 2.75) is 0 Å². The molecular weight excluding hydrogens is 253 g/mol. The maximum atomic E-state index is 5.48. The van der Waals surface area contributed by atoms with Crippen molar-refractivity contribution in [2.75, 3.05) is 38.1 Å². The molecule has 0 saturated carbocycles. The van der Waals surface area contributed by atoms with Gasteiger partial charge >= 0.3 is 7.12 Å². The Morgan fingerprint density at radius 1 is 1.10 bits per heavy atom. The molecule has 5 nitrogen and oxygen atoms in total. The van der Waals surface area contributed by atoms with Crippen molar-refractivity contribution in [3.05, 3.63) is 43.0 Å². The molecule has 6 heteroatoms. The lowest BCUT2D eigenvalue weighted by molar-refractivity contribution is 0.312. The predicted octanol–water partition coefficient (Wildman–Crippen LogP) is 0.603. The van der Waals surface area contributed by atoms with E-state index >= 15 is 0 Å². The monoisotopic (exact) mass is 271 g/mol. The van der Waals surface area contributed by atoms with Crippen LogP contribution in [0.3, 0.4) is 0 Å². The topological polar surface area (TPSA) is 37.8 Å². The summed E-state index contributed by atoms with van der Waals surface area (Å²) in [6, 6.07) is 3.99. The van der Waals surface area contributed by atoms with Gasteiger partial charge in [0.25, 0.3) is 0 Å². The molecule has 3 heterocycles. The molecule has 0 spiro atoms. The fourth-order valence-electron chi connectivity index (χ4n) is 2.31. The summed E-state index contributed by atoms with van der Waals surface area (Å²) in [6.45, 7) is 11.6. The van der Waals surface area contributed by atoms with Crippen LogP contribution in [-0.4, -0.2) is 50.2 Å². The lowest BCUT2D eigenvalue weighted by atomic mass is 9.81. The zero-order valence-corrected chi connectivity index (χ0v) is 11.7. The lowest BCUT2D eigenvalue weighted by Gasteiger charge is -2.33. The Balaban J connectivity index is 1.69. The highest BCUT2D eigenvalue weighted by atomic mass is 16.6. The van der Waals surface area contributed by atoms with Crippen molar-refractivity contribution >= 4 is 18.4 Å². The van der Waals surface area contributed by atoms with E-state index in [9.17, 15) is 0 Å². The summed E-state index contributed by atoms with van der Waals surface area (Å²) in [5, 5.41) is 0. The molecule has 2 fully saturated rings. The largest absolute Gasteiger partial charge is 0.634 e. The van der Waals surface area contributed by atoms with Gasteiger partial charge in [-0.2, -0.15) is 0 Å². The van der Waals surface area contributed by atoms with Gasteiger partial charge in [0.05, 0.1) is 0 Å². The Bertz CT molecular complexity index is 508. The Morgan fingerprint density at radius 2 is 1.75 bits per heavy atom. The van der Waals surface area contributed by atoms with Crippen molar-refractivity contribution in [1.82, 2.24) is 9.88 Å². The summed E-state index contributed by atoms with van der Waals surface area (Å²) in [5.41, 5.74) is 0.877. The molecule has 0 N–H and O–H groups in total. The van der Waals surface area contributed by atoms with Crippen molar-refractivity contribution in [3.8, 4) is 0 Å². The average Bonchev–Trinajstić information content (AvgIpc) is 2.80. The molecule has 0 aromatic carbocycles. The standard InChI is InChI=1S/C14H18BN3O2/c1-11-12(2)20-15(19-11)13-4-5-14(16-10-13)18-8-6-17(3)7-9-18/h4-5,10H,1-2,6-9H2,3H3. The third kappa shape index (κ3) is 2.51. The average molecular weight is 271 g/mol. The van der Waals surface area contributed by atoms with Crippen molar-refractivity contribution in [1.29, 1.82) is 0 Å². The maximum absolute atomic E-state index is 5.48. The SMILES string of the molecule is C=C1OB(c2ccc(N3CCN(C)CC3)nc2)OC1=C. The van der Waals surface area contributed by atoms with Crippen LogP contribution in [0.4, 0.5) is 5.82 Å². The number of anilines is 1. The van der Waals surface area contributed by atoms with E-state index in [1.165, 1.54) is 0 Å². The first kappa shape index (κ1) is 13.1. The molecule has 2 saturated heterocycles. The minimum absolute atomic E-state index is 0.468. The van der Waals surface area contributed by atoms with Gasteiger partial charge in [-0.3, -0.25) is 0 Å². The number of pyridine rings is 1. The van der Waals surface area contributed by atoms with Crippen molar-refractivity contribution < 1.29 is 9.31 Å². The molecule has 0 unspecified atom stereocenters. The van der Waals surface area contributed by atoms with Crippen LogP contribution >= 0.6 is 0 Å². The molecule has 2 aliphatic rings. The summed E-state index contributed by atoms with van der Waals surface area (Å²) in [7, 11) is 1.67. The van der Waals surface area contributed by atoms with E-state index in [0.717, 1.165) is 37.5 Å². The summed E-state index contributed by atoms with van der Waals surface area (Å²) in [6.07, 6.45) is 1.80. The number of aromatic nitrogens is 1. The van der Waals surface area contributed by atoms with Crippen LogP contribution in [0.1, 0.15) is 0 Å². The Morgan fingerprint density at radius 3 is 2.30 bits per heavy atom. The van der Waals surface area contributed by atoms with Gasteiger partial charge in [0, 0.05) is 37.8 Å². The van der Waals surface area contributed by atoms with Crippen LogP contribution in [0.25, 0.3) is 0 Å². The molecule has 0 amide bonds. The van der Waals surface area contributed by atoms with E-state index in [1.54, 1.807) is 6.20 Å². The second-order valence-electron chi connectivity index (χ2n) is 5.15. The molecular formula is C14H18BN3O2. The number of likely N-dealkylation sites (N-methyl/N-ethyl adjacent to an activating group) is 1. The third-order valence-electron chi connectivity index (χ3n) is 3.68. The first-order valence-electron chi connectivity index (χ1n) is 6.74. The van der Waals surface area contributed by atoms with E-state index < -0.39 is 7.12 Å². The molecule has 20 heavy (non-hydrogen) atoms. The van der Waals surface area contributed by atoms with Crippen LogP contribution in [0, 0.1) is 0 Å². The summed E-state index contributed by atoms with van der Waals surface area (Å²) in [4.78, 5) is 9.12. The molecule has 1 aromatic rings. The number of nitrogens with zero attached hydrogens (tertiary/aromatic N) is 3. The molecule has 0 aliphatic carbocycles. The highest BCUT2D eigenvalue weighted by Crippen LogP contribution is 2.20. The van der Waals surface area contributed by atoms with Crippen LogP contribution in [-0.2, 0) is 9.31 Å². The molecule has 0 atom stereocenters. The zero-order chi connectivity index (χ0) is 14.1. The molecule has 3 rings (SSSR count). The van der Waals surface area contributed by atoms with Gasteiger partial charge in [0.2, 0.25) is 0 Å². The fraction of sp³-hybridized carbons (Fsp3) is 0.357. The molecule has 2 aliphatic heterocycles. The third-order valence-corrected chi connectivity index (χ3v) is 3.68. The summed E-state index contributed by atoms with van der Waals surface area (Å²) >= 11 is 0. The summed E-state index contributed by atoms with van der Waals surface area (Å²) < 4.78 is 11.0. The highest BCUT2D eigenvalue weighted by molar-refractivity contribution is 6.62. The Kier molecular flexibility index (Phi) is 3.40. The molecule has 0 bridgehead atoms. The van der Waals surface area contributed by atoms with Crippen LogP contribution < -0.4 is 10.4 Å². The number of hydrogen-bond donors (Lipinski definition) is 0. The minimum Gasteiger partial charge on any atom is -0.520 e. The normalized spacial score (nSPS) is 20.1. The van der Waals surface area contributed by atoms with Gasteiger partial charge in [-0.25, -0.2) is 4.98 Å². The van der Waals surface area contributed by atoms with Gasteiger partial charge < -0.3 is 19.1 Å². The quantitative estimate of drug-likeness (QED) is 0.736. The first-order chi connectivity index (χ1) is 9.63. The second-order valence-corrected chi connectivity index (χ2v) is 5.15. The summed E-state index contributed by atoms with van der Waals surface area (Å²) in [5.74, 6) is 1.97. The number of rotatable bonds is 2. The van der Waals surface area contributed by atoms with Gasteiger partial charge in [-0.1, -0.05) is 19.2 Å². The van der Waals surface area contributed by atoms with Crippen LogP contribution in [0.15, 0.2) is 43.0 Å². The van der Waals surface area contributed by atoms with Gasteiger partial charge in [-0.05, 0) is 13.1 Å². The molecule has 0 radical (unpaired) electrons. The van der Waals surface area contributed by atoms with E-state index in [1.807, 2.05) is 12.1 Å². The molecule has 1 aromatic heterocycles. The maximum Gasteiger partial charge on any atom is 0.634 e. The lowest BCUT2D eigenvalue weighted by Crippen LogP contribution is -2.45. The van der Waals surface area contributed by atoms with Crippen molar-refractivity contribution in [3.63, 3.8) is 0 Å².